The smallest absolute Gasteiger partial charge is 0.354 e. The number of amidine groups is 1. The summed E-state index contributed by atoms with van der Waals surface area (Å²) in [7, 11) is -4.19. The Morgan fingerprint density at radius 2 is 1.54 bits per heavy atom. The van der Waals surface area contributed by atoms with Crippen LogP contribution in [0.15, 0.2) is 54.6 Å². The van der Waals surface area contributed by atoms with Crippen LogP contribution in [0.4, 0.5) is 5.69 Å². The summed E-state index contributed by atoms with van der Waals surface area (Å²) < 4.78 is 28.3. The van der Waals surface area contributed by atoms with Gasteiger partial charge in [0.2, 0.25) is 0 Å². The number of nitrogens with two attached hydrogens (primary N) is 1. The van der Waals surface area contributed by atoms with Crippen LogP contribution in [0, 0.1) is 17.7 Å². The molecule has 0 aliphatic rings. The number of nitrogen functional groups attached to an aromatic ring is 1. The molecule has 0 bridgehead atoms. The maximum Gasteiger partial charge on any atom is 0.354 e. The number of nitrogens with zero attached hydrogens (tertiary/aromatic N) is 1. The predicted octanol–water partition coefficient (Wildman–Crippen LogP) is 3.87. The Hall–Kier alpha value is -4.58. The van der Waals surface area contributed by atoms with Crippen LogP contribution in [-0.4, -0.2) is 49.3 Å². The van der Waals surface area contributed by atoms with E-state index in [9.17, 15) is 22.8 Å². The van der Waals surface area contributed by atoms with Crippen molar-refractivity contribution in [3.63, 3.8) is 0 Å². The lowest BCUT2D eigenvalue weighted by Gasteiger charge is -2.28. The Kier molecular flexibility index (Phi) is 8.97. The molecule has 3 aromatic rings. The predicted molar refractivity (Wildman–Crippen MR) is 156 cm³/mol. The minimum atomic E-state index is -4.19. The molecular formula is C29H33N5O6S. The standard InChI is InChI=1S/C29H33N5O6S/c1-16-7-13-22(24(32-16)27(36)34-20-11-8-18(9-12-20)25(30)31)21-14-10-19(26(35)33-17(2)29(3,4)5)15-23(21)28(37)40-41(6,38)39/h7-15,17H,1-6H3,(H3,30,31)(H,33,35)(H,34,36). The minimum absolute atomic E-state index is 0.0485. The number of amides is 2. The molecule has 0 radical (unpaired) electrons. The highest BCUT2D eigenvalue weighted by Gasteiger charge is 2.26. The molecule has 1 aromatic heterocycles. The van der Waals surface area contributed by atoms with Gasteiger partial charge in [-0.05, 0) is 67.3 Å². The molecule has 2 amide bonds. The molecule has 0 aliphatic heterocycles. The summed E-state index contributed by atoms with van der Waals surface area (Å²) >= 11 is 0. The van der Waals surface area contributed by atoms with Gasteiger partial charge < -0.3 is 20.6 Å². The van der Waals surface area contributed by atoms with Crippen LogP contribution >= 0.6 is 0 Å². The van der Waals surface area contributed by atoms with Crippen molar-refractivity contribution in [2.24, 2.45) is 11.1 Å². The lowest BCUT2D eigenvalue weighted by Crippen LogP contribution is -2.41. The average Bonchev–Trinajstić information content (AvgIpc) is 2.87. The number of hydrogen-bond donors (Lipinski definition) is 4. The Bertz CT molecular complexity index is 1630. The number of carbonyl (C=O) groups excluding carboxylic acids is 3. The van der Waals surface area contributed by atoms with Crippen LogP contribution in [0.25, 0.3) is 11.1 Å². The number of nitrogens with one attached hydrogen (secondary N) is 3. The zero-order valence-corrected chi connectivity index (χ0v) is 24.5. The second-order valence-electron chi connectivity index (χ2n) is 10.7. The van der Waals surface area contributed by atoms with Crippen LogP contribution in [0.5, 0.6) is 0 Å². The Labute approximate surface area is 239 Å². The van der Waals surface area contributed by atoms with Crippen LogP contribution in [-0.2, 0) is 14.3 Å². The van der Waals surface area contributed by atoms with Crippen molar-refractivity contribution in [3.05, 3.63) is 82.7 Å². The summed E-state index contributed by atoms with van der Waals surface area (Å²) in [6.07, 6.45) is 0.732. The highest BCUT2D eigenvalue weighted by Crippen LogP contribution is 2.30. The van der Waals surface area contributed by atoms with Crippen LogP contribution in [0.2, 0.25) is 0 Å². The highest BCUT2D eigenvalue weighted by atomic mass is 32.2. The van der Waals surface area contributed by atoms with Crippen molar-refractivity contribution < 1.29 is 27.0 Å². The third kappa shape index (κ3) is 7.98. The molecule has 11 nitrogen and oxygen atoms in total. The van der Waals surface area contributed by atoms with E-state index in [-0.39, 0.29) is 45.2 Å². The maximum atomic E-state index is 13.4. The molecule has 3 rings (SSSR count). The summed E-state index contributed by atoms with van der Waals surface area (Å²) in [6.45, 7) is 9.42. The van der Waals surface area contributed by atoms with Gasteiger partial charge in [-0.25, -0.2) is 9.78 Å². The van der Waals surface area contributed by atoms with Crippen molar-refractivity contribution in [2.45, 2.75) is 40.7 Å². The van der Waals surface area contributed by atoms with E-state index >= 15 is 0 Å². The zero-order valence-electron chi connectivity index (χ0n) is 23.7. The first-order valence-corrected chi connectivity index (χ1v) is 14.4. The number of benzene rings is 2. The van der Waals surface area contributed by atoms with E-state index in [2.05, 4.69) is 19.8 Å². The first kappa shape index (κ1) is 31.0. The van der Waals surface area contributed by atoms with Gasteiger partial charge in [-0.2, -0.15) is 8.42 Å². The molecule has 1 heterocycles. The maximum absolute atomic E-state index is 13.4. The Morgan fingerprint density at radius 3 is 2.10 bits per heavy atom. The molecule has 0 saturated carbocycles. The molecule has 0 aliphatic carbocycles. The zero-order chi connectivity index (χ0) is 30.7. The molecule has 1 atom stereocenters. The summed E-state index contributed by atoms with van der Waals surface area (Å²) in [5.41, 5.74) is 6.82. The van der Waals surface area contributed by atoms with E-state index in [1.807, 2.05) is 27.7 Å². The first-order valence-electron chi connectivity index (χ1n) is 12.6. The molecular weight excluding hydrogens is 546 g/mol. The molecule has 41 heavy (non-hydrogen) atoms. The number of anilines is 1. The summed E-state index contributed by atoms with van der Waals surface area (Å²) in [5, 5.41) is 13.1. The Morgan fingerprint density at radius 1 is 0.951 bits per heavy atom. The molecule has 2 aromatic carbocycles. The molecule has 0 spiro atoms. The third-order valence-corrected chi connectivity index (χ3v) is 6.82. The minimum Gasteiger partial charge on any atom is -0.384 e. The second kappa shape index (κ2) is 11.9. The summed E-state index contributed by atoms with van der Waals surface area (Å²) in [6, 6.07) is 13.4. The lowest BCUT2D eigenvalue weighted by atomic mass is 9.88. The van der Waals surface area contributed by atoms with Gasteiger partial charge in [0, 0.05) is 34.1 Å². The van der Waals surface area contributed by atoms with E-state index in [0.717, 1.165) is 6.26 Å². The summed E-state index contributed by atoms with van der Waals surface area (Å²) in [4.78, 5) is 43.8. The van der Waals surface area contributed by atoms with Crippen molar-refractivity contribution >= 4 is 39.4 Å². The molecule has 5 N–H and O–H groups in total. The topological polar surface area (TPSA) is 181 Å². The van der Waals surface area contributed by atoms with Gasteiger partial charge >= 0.3 is 16.1 Å². The number of pyridine rings is 1. The van der Waals surface area contributed by atoms with E-state index in [1.54, 1.807) is 43.3 Å². The SMILES string of the molecule is Cc1ccc(-c2ccc(C(=O)NC(C)C(C)(C)C)cc2C(=O)OS(C)(=O)=O)c(C(=O)Nc2ccc(C(=N)N)cc2)n1. The fourth-order valence-corrected chi connectivity index (χ4v) is 4.00. The Balaban J connectivity index is 2.10. The van der Waals surface area contributed by atoms with Crippen molar-refractivity contribution in [3.8, 4) is 11.1 Å². The second-order valence-corrected chi connectivity index (χ2v) is 12.3. The lowest BCUT2D eigenvalue weighted by molar-refractivity contribution is 0.0748. The number of aromatic nitrogens is 1. The van der Waals surface area contributed by atoms with Gasteiger partial charge in [-0.3, -0.25) is 15.0 Å². The van der Waals surface area contributed by atoms with Crippen LogP contribution in [0.1, 0.15) is 70.2 Å². The molecule has 0 saturated heterocycles. The van der Waals surface area contributed by atoms with Crippen molar-refractivity contribution in [1.82, 2.24) is 10.3 Å². The van der Waals surface area contributed by atoms with E-state index in [0.29, 0.717) is 16.9 Å². The van der Waals surface area contributed by atoms with Crippen molar-refractivity contribution in [1.29, 1.82) is 5.41 Å². The van der Waals surface area contributed by atoms with Gasteiger partial charge in [0.1, 0.15) is 11.5 Å². The van der Waals surface area contributed by atoms with Gasteiger partial charge in [-0.15, -0.1) is 0 Å². The normalized spacial score (nSPS) is 12.2. The van der Waals surface area contributed by atoms with Crippen LogP contribution in [0.3, 0.4) is 0 Å². The molecule has 216 valence electrons. The van der Waals surface area contributed by atoms with Gasteiger partial charge in [-0.1, -0.05) is 32.9 Å². The largest absolute Gasteiger partial charge is 0.384 e. The van der Waals surface area contributed by atoms with Crippen molar-refractivity contribution in [2.75, 3.05) is 11.6 Å². The van der Waals surface area contributed by atoms with Gasteiger partial charge in [0.05, 0.1) is 11.8 Å². The third-order valence-electron chi connectivity index (χ3n) is 6.37. The fraction of sp³-hybridized carbons (Fsp3) is 0.276. The first-order chi connectivity index (χ1) is 19.0. The van der Waals surface area contributed by atoms with E-state index in [1.165, 1.54) is 18.2 Å². The number of hydrogen-bond acceptors (Lipinski definition) is 8. The highest BCUT2D eigenvalue weighted by molar-refractivity contribution is 7.86. The monoisotopic (exact) mass is 579 g/mol. The number of carbonyl (C=O) groups is 3. The molecule has 1 unspecified atom stereocenters. The average molecular weight is 580 g/mol. The molecule has 0 fully saturated rings. The van der Waals surface area contributed by atoms with Crippen LogP contribution < -0.4 is 16.4 Å². The van der Waals surface area contributed by atoms with Gasteiger partial charge in [0.25, 0.3) is 11.8 Å². The van der Waals surface area contributed by atoms with Gasteiger partial charge in [0.15, 0.2) is 0 Å². The number of aryl methyl sites for hydroxylation is 1. The van der Waals surface area contributed by atoms with E-state index in [4.69, 9.17) is 11.1 Å². The quantitative estimate of drug-likeness (QED) is 0.176. The fourth-order valence-electron chi connectivity index (χ4n) is 3.64. The van der Waals surface area contributed by atoms with E-state index < -0.39 is 27.9 Å². The summed E-state index contributed by atoms with van der Waals surface area (Å²) in [5.74, 6) is -2.42. The number of rotatable bonds is 8. The molecule has 12 heteroatoms.